The average molecular weight is 1000 g/mol. The number of carbonyl (C=O) groups excluding carboxylic acids is 2. The quantitative estimate of drug-likeness (QED) is 0.0131. The number of nitrogens with zero attached hydrogens (tertiary/aromatic N) is 6. The minimum Gasteiger partial charge on any atom is -0.505 e. The van der Waals surface area contributed by atoms with Crippen molar-refractivity contribution >= 4 is 119 Å². The minimum absolute atomic E-state index is 0.000144. The van der Waals surface area contributed by atoms with Crippen molar-refractivity contribution in [1.82, 2.24) is 19.9 Å². The van der Waals surface area contributed by atoms with Crippen LogP contribution in [0.4, 0.5) is 61.3 Å². The predicted molar refractivity (Wildman–Crippen MR) is 236 cm³/mol. The highest BCUT2D eigenvalue weighted by Crippen LogP contribution is 2.50. The fraction of sp³-hybridized carbons (Fsp3) is 0.0588. The fourth-order valence-electron chi connectivity index (χ4n) is 5.72. The summed E-state index contributed by atoms with van der Waals surface area (Å²) in [5.74, 6) is -1.37. The van der Waals surface area contributed by atoms with Gasteiger partial charge < -0.3 is 31.4 Å². The number of aryl methyl sites for hydroxylation is 2. The van der Waals surface area contributed by atoms with E-state index < -0.39 is 87.1 Å². The van der Waals surface area contributed by atoms with Crippen molar-refractivity contribution < 1.29 is 64.9 Å². The SMILES string of the molecule is Cc1cc(=O)nc(NC(=O)Nc2ccc(SOOO)c(N=Nc3c(S(=O)(=O)O)cc4cc(SOO)c(N=Nc5cc(NC(=O)Nc6nc(=O)cc(C)[nH]6)ccc5S(=O)(=O)O)c(O)c4c3N)c2)[nH]1. The van der Waals surface area contributed by atoms with Gasteiger partial charge in [-0.25, -0.2) is 20.1 Å². The molecule has 0 radical (unpaired) electrons. The van der Waals surface area contributed by atoms with Crippen molar-refractivity contribution in [2.45, 2.75) is 33.4 Å². The number of benzene rings is 4. The number of nitrogens with one attached hydrogen (secondary N) is 6. The van der Waals surface area contributed by atoms with E-state index in [1.165, 1.54) is 37.3 Å². The average Bonchev–Trinajstić information content (AvgIpc) is 3.21. The highest BCUT2D eigenvalue weighted by molar-refractivity contribution is 7.95. The molecule has 6 rings (SSSR count). The maximum atomic E-state index is 12.8. The fourth-order valence-corrected chi connectivity index (χ4v) is 7.88. The molecule has 0 atom stereocenters. The van der Waals surface area contributed by atoms with Crippen LogP contribution in [0.1, 0.15) is 11.4 Å². The van der Waals surface area contributed by atoms with Gasteiger partial charge >= 0.3 is 12.1 Å². The Morgan fingerprint density at radius 3 is 1.76 bits per heavy atom. The van der Waals surface area contributed by atoms with Crippen molar-refractivity contribution in [2.75, 3.05) is 27.0 Å². The lowest BCUT2D eigenvalue weighted by Gasteiger charge is -2.14. The number of urea groups is 2. The molecular weight excluding hydrogens is 975 g/mol. The lowest BCUT2D eigenvalue weighted by molar-refractivity contribution is -0.432. The second-order valence-electron chi connectivity index (χ2n) is 13.1. The van der Waals surface area contributed by atoms with Gasteiger partial charge in [0, 0.05) is 34.9 Å². The number of nitrogen functional groups attached to an aromatic ring is 1. The summed E-state index contributed by atoms with van der Waals surface area (Å²) in [6, 6.07) is 8.91. The topological polar surface area (TPSA) is 446 Å². The molecule has 4 amide bonds. The van der Waals surface area contributed by atoms with Gasteiger partial charge in [0.1, 0.15) is 32.5 Å². The molecule has 0 aliphatic heterocycles. The summed E-state index contributed by atoms with van der Waals surface area (Å²) in [7, 11) is -10.3. The Labute approximate surface area is 381 Å². The van der Waals surface area contributed by atoms with Crippen LogP contribution in [0, 0.1) is 13.8 Å². The number of hydrogen-bond donors (Lipinski definition) is 12. The molecular formula is C34H29N13O16S4. The largest absolute Gasteiger partial charge is 0.505 e. The highest BCUT2D eigenvalue weighted by atomic mass is 32.2. The molecule has 0 fully saturated rings. The number of aromatic hydroxyl groups is 1. The number of anilines is 5. The number of aromatic nitrogens is 4. The zero-order valence-electron chi connectivity index (χ0n) is 33.4. The predicted octanol–water partition coefficient (Wildman–Crippen LogP) is 6.45. The maximum absolute atomic E-state index is 12.8. The van der Waals surface area contributed by atoms with E-state index >= 15 is 0 Å². The number of rotatable bonds is 15. The Balaban J connectivity index is 1.42. The summed E-state index contributed by atoms with van der Waals surface area (Å²) in [4.78, 5) is 59.4. The van der Waals surface area contributed by atoms with Gasteiger partial charge in [-0.2, -0.15) is 31.1 Å². The van der Waals surface area contributed by atoms with Crippen molar-refractivity contribution in [3.05, 3.63) is 92.8 Å². The zero-order chi connectivity index (χ0) is 48.8. The number of phenols is 1. The molecule has 350 valence electrons. The van der Waals surface area contributed by atoms with Crippen molar-refractivity contribution in [3.63, 3.8) is 0 Å². The first kappa shape index (κ1) is 49.0. The van der Waals surface area contributed by atoms with Crippen LogP contribution in [0.25, 0.3) is 10.8 Å². The Bertz CT molecular complexity index is 3370. The Kier molecular flexibility index (Phi) is 14.9. The molecule has 0 saturated heterocycles. The molecule has 0 saturated carbocycles. The summed E-state index contributed by atoms with van der Waals surface area (Å²) in [6.07, 6.45) is 0. The first-order chi connectivity index (χ1) is 31.6. The van der Waals surface area contributed by atoms with Gasteiger partial charge in [-0.05, 0) is 67.8 Å². The van der Waals surface area contributed by atoms with Gasteiger partial charge in [0.2, 0.25) is 11.9 Å². The Hall–Kier alpha value is -7.44. The molecule has 29 nitrogen and oxygen atoms in total. The second kappa shape index (κ2) is 20.4. The van der Waals surface area contributed by atoms with Crippen LogP contribution < -0.4 is 38.1 Å². The van der Waals surface area contributed by atoms with E-state index in [0.29, 0.717) is 23.4 Å². The van der Waals surface area contributed by atoms with Gasteiger partial charge in [-0.3, -0.25) is 29.3 Å². The van der Waals surface area contributed by atoms with Gasteiger partial charge in [0.25, 0.3) is 31.4 Å². The van der Waals surface area contributed by atoms with Crippen LogP contribution in [-0.2, 0) is 33.9 Å². The van der Waals surface area contributed by atoms with Crippen LogP contribution >= 0.6 is 24.1 Å². The van der Waals surface area contributed by atoms with Gasteiger partial charge in [-0.1, -0.05) is 5.04 Å². The number of hydrogen-bond acceptors (Lipinski definition) is 23. The summed E-state index contributed by atoms with van der Waals surface area (Å²) in [6.45, 7) is 3.08. The lowest BCUT2D eigenvalue weighted by Crippen LogP contribution is -2.23. The van der Waals surface area contributed by atoms with Crippen molar-refractivity contribution in [3.8, 4) is 5.75 Å². The lowest BCUT2D eigenvalue weighted by atomic mass is 10.1. The summed E-state index contributed by atoms with van der Waals surface area (Å²) < 4.78 is 79.1. The molecule has 67 heavy (non-hydrogen) atoms. The molecule has 0 aliphatic carbocycles. The third-order valence-corrected chi connectivity index (χ3v) is 11.3. The van der Waals surface area contributed by atoms with Crippen LogP contribution in [0.15, 0.2) is 110 Å². The number of amides is 4. The zero-order valence-corrected chi connectivity index (χ0v) is 36.7. The molecule has 33 heteroatoms. The molecule has 4 aromatic carbocycles. The van der Waals surface area contributed by atoms with Crippen LogP contribution in [0.2, 0.25) is 0 Å². The summed E-state index contributed by atoms with van der Waals surface area (Å²) in [5.41, 5.74) is 2.69. The van der Waals surface area contributed by atoms with Gasteiger partial charge in [0.15, 0.2) is 5.75 Å². The van der Waals surface area contributed by atoms with E-state index in [2.05, 4.69) is 75.4 Å². The first-order valence-corrected chi connectivity index (χ1v) is 22.1. The van der Waals surface area contributed by atoms with E-state index in [-0.39, 0.29) is 56.2 Å². The number of azo groups is 2. The first-order valence-electron chi connectivity index (χ1n) is 17.8. The van der Waals surface area contributed by atoms with Gasteiger partial charge in [0.05, 0.1) is 45.0 Å². The van der Waals surface area contributed by atoms with E-state index in [4.69, 9.17) is 11.0 Å². The highest BCUT2D eigenvalue weighted by Gasteiger charge is 2.26. The number of H-pyrrole nitrogens is 2. The molecule has 13 N–H and O–H groups in total. The van der Waals surface area contributed by atoms with E-state index in [1.807, 2.05) is 0 Å². The normalized spacial score (nSPS) is 11.9. The van der Waals surface area contributed by atoms with E-state index in [0.717, 1.165) is 30.3 Å². The number of nitrogens with two attached hydrogens (primary N) is 1. The number of carbonyl (C=O) groups is 2. The summed E-state index contributed by atoms with van der Waals surface area (Å²) in [5, 5.41) is 57.7. The molecule has 0 unspecified atom stereocenters. The van der Waals surface area contributed by atoms with E-state index in [1.54, 1.807) is 6.92 Å². The molecule has 2 aromatic heterocycles. The van der Waals surface area contributed by atoms with Crippen molar-refractivity contribution in [1.29, 1.82) is 0 Å². The smallest absolute Gasteiger partial charge is 0.326 e. The minimum atomic E-state index is -5.24. The molecule has 0 bridgehead atoms. The molecule has 0 aliphatic rings. The Morgan fingerprint density at radius 2 is 1.22 bits per heavy atom. The monoisotopic (exact) mass is 1000 g/mol. The second-order valence-corrected chi connectivity index (χ2v) is 17.3. The van der Waals surface area contributed by atoms with Crippen LogP contribution in [-0.4, -0.2) is 73.6 Å². The molecule has 2 heterocycles. The number of aromatic amines is 2. The summed E-state index contributed by atoms with van der Waals surface area (Å²) >= 11 is 0.485. The van der Waals surface area contributed by atoms with E-state index in [9.17, 15) is 55.5 Å². The third-order valence-electron chi connectivity index (χ3n) is 8.32. The molecule has 6 aromatic rings. The number of fused-ring (bicyclic) bond motifs is 1. The third kappa shape index (κ3) is 12.3. The van der Waals surface area contributed by atoms with Crippen molar-refractivity contribution in [2.24, 2.45) is 20.5 Å². The maximum Gasteiger partial charge on any atom is 0.326 e. The Morgan fingerprint density at radius 1 is 0.687 bits per heavy atom. The van der Waals surface area contributed by atoms with Crippen LogP contribution in [0.5, 0.6) is 5.75 Å². The number of phenolic OH excluding ortho intramolecular Hbond substituents is 1. The van der Waals surface area contributed by atoms with Crippen LogP contribution in [0.3, 0.4) is 0 Å². The molecule has 0 spiro atoms. The standard InChI is InChI=1S/C34H29N13O16S4/c1-13-7-24(48)40-31(36-13)42-33(51)38-16-3-5-20(65-63-61-53)18(11-16)44-47-29-23(67(58,59)60)10-15-9-21(64-62-54)28(30(50)26(15)27(29)35)46-45-19-12-17(4-6-22(19)66(55,56)57)39-34(52)43-32-37-14(2)8-25(49)41-32/h3-12,50,53-54H,35H2,1-2H3,(H,55,56,57)(H,58,59,60)(H3,36,38,40,42,48,51)(H3,37,39,41,43,49,52). The van der Waals surface area contributed by atoms with Gasteiger partial charge in [-0.15, -0.1) is 24.8 Å².